The number of rotatable bonds is 5. The molecule has 0 aliphatic carbocycles. The maximum Gasteiger partial charge on any atom is 0.274 e. The number of hydrogen-bond acceptors (Lipinski definition) is 6. The number of aromatic nitrogens is 2. The molecule has 1 aliphatic heterocycles. The monoisotopic (exact) mass is 403 g/mol. The lowest BCUT2D eigenvalue weighted by molar-refractivity contribution is 0.0897. The van der Waals surface area contributed by atoms with Crippen molar-refractivity contribution < 1.29 is 18.0 Å². The van der Waals surface area contributed by atoms with Gasteiger partial charge in [-0.2, -0.15) is 0 Å². The molecule has 0 spiro atoms. The van der Waals surface area contributed by atoms with Gasteiger partial charge < -0.3 is 5.10 Å². The molecule has 0 fully saturated rings. The summed E-state index contributed by atoms with van der Waals surface area (Å²) in [5, 5.41) is 2.90. The molecule has 2 N–H and O–H groups in total. The van der Waals surface area contributed by atoms with Crippen LogP contribution in [0.25, 0.3) is 16.8 Å². The molecule has 9 heteroatoms. The van der Waals surface area contributed by atoms with Crippen LogP contribution < -0.4 is 11.0 Å². The van der Waals surface area contributed by atoms with Gasteiger partial charge in [-0.1, -0.05) is 0 Å². The summed E-state index contributed by atoms with van der Waals surface area (Å²) >= 11 is 0. The van der Waals surface area contributed by atoms with E-state index in [4.69, 9.17) is 4.84 Å². The highest BCUT2D eigenvalue weighted by atomic mass is 32.2. The second-order valence-corrected chi connectivity index (χ2v) is 8.22. The summed E-state index contributed by atoms with van der Waals surface area (Å²) in [6.07, 6.45) is 2.81. The minimum Gasteiger partial charge on any atom is -0.302 e. The summed E-state index contributed by atoms with van der Waals surface area (Å²) in [7, 11) is -4.02. The highest BCUT2D eigenvalue weighted by molar-refractivity contribution is 7.96. The normalized spacial score (nSPS) is 15.0. The molecular weight excluding hydrogens is 382 g/mol. The molecule has 0 unspecified atom stereocenters. The summed E-state index contributed by atoms with van der Waals surface area (Å²) in [6, 6.07) is 1.66. The molecule has 28 heavy (non-hydrogen) atoms. The van der Waals surface area contributed by atoms with E-state index in [1.54, 1.807) is 33.0 Å². The fraction of sp³-hybridized carbons (Fsp3) is 0.316. The van der Waals surface area contributed by atoms with E-state index in [1.165, 1.54) is 16.7 Å². The number of aromatic amines is 1. The van der Waals surface area contributed by atoms with E-state index in [0.29, 0.717) is 46.7 Å². The first-order chi connectivity index (χ1) is 13.3. The predicted octanol–water partition coefficient (Wildman–Crippen LogP) is 1.86. The lowest BCUT2D eigenvalue weighted by atomic mass is 9.93. The maximum absolute atomic E-state index is 12.9. The molecule has 2 heterocycles. The first-order valence-electron chi connectivity index (χ1n) is 8.80. The van der Waals surface area contributed by atoms with Crippen LogP contribution in [0.2, 0.25) is 0 Å². The second kappa shape index (κ2) is 7.27. The number of H-pyrrole nitrogens is 1. The van der Waals surface area contributed by atoms with Crippen molar-refractivity contribution in [2.75, 3.05) is 6.61 Å². The number of hydroxylamine groups is 1. The van der Waals surface area contributed by atoms with Gasteiger partial charge >= 0.3 is 0 Å². The number of fused-ring (bicyclic) bond motifs is 1. The van der Waals surface area contributed by atoms with Crippen molar-refractivity contribution in [1.82, 2.24) is 15.3 Å². The van der Waals surface area contributed by atoms with Gasteiger partial charge in [0.05, 0.1) is 22.8 Å². The van der Waals surface area contributed by atoms with Gasteiger partial charge in [-0.15, -0.1) is 0 Å². The number of sulfone groups is 1. The number of carbonyl (C=O) groups excluding carboxylic acids is 1. The van der Waals surface area contributed by atoms with Gasteiger partial charge in [0.2, 0.25) is 9.84 Å². The topological polar surface area (TPSA) is 110 Å². The first kappa shape index (κ1) is 19.9. The largest absolute Gasteiger partial charge is 0.302 e. The molecule has 0 amide bonds. The number of benzene rings is 1. The third-order valence-corrected chi connectivity index (χ3v) is 6.55. The van der Waals surface area contributed by atoms with Crippen molar-refractivity contribution in [3.63, 3.8) is 0 Å². The first-order valence-corrected chi connectivity index (χ1v) is 10.3. The summed E-state index contributed by atoms with van der Waals surface area (Å²) in [4.78, 5) is 28.7. The smallest absolute Gasteiger partial charge is 0.274 e. The van der Waals surface area contributed by atoms with Crippen LogP contribution in [-0.4, -0.2) is 30.7 Å². The summed E-state index contributed by atoms with van der Waals surface area (Å²) in [5.41, 5.74) is 5.30. The highest BCUT2D eigenvalue weighted by Crippen LogP contribution is 2.40. The lowest BCUT2D eigenvalue weighted by Crippen LogP contribution is -2.23. The number of hydrogen-bond donors (Lipinski definition) is 2. The van der Waals surface area contributed by atoms with E-state index >= 15 is 0 Å². The number of aryl methyl sites for hydroxylation is 2. The molecule has 1 aromatic heterocycles. The molecule has 0 atom stereocenters. The van der Waals surface area contributed by atoms with Crippen LogP contribution in [0.4, 0.5) is 0 Å². The molecule has 0 bridgehead atoms. The van der Waals surface area contributed by atoms with Crippen LogP contribution in [0, 0.1) is 13.8 Å². The Morgan fingerprint density at radius 2 is 1.96 bits per heavy atom. The van der Waals surface area contributed by atoms with Crippen LogP contribution >= 0.6 is 0 Å². The van der Waals surface area contributed by atoms with E-state index in [-0.39, 0.29) is 10.5 Å². The molecule has 1 aromatic carbocycles. The highest BCUT2D eigenvalue weighted by Gasteiger charge is 2.34. The summed E-state index contributed by atoms with van der Waals surface area (Å²) in [5.74, 6) is 1.50. The van der Waals surface area contributed by atoms with Crippen LogP contribution in [0.3, 0.4) is 0 Å². The van der Waals surface area contributed by atoms with Crippen LogP contribution in [-0.2, 0) is 26.0 Å². The molecule has 0 saturated heterocycles. The SMILES string of the molecule is CCONC1=CC(=C=O)S(=O)(=O)c2c(C)cc(-c3c[nH]n(CC)c3=O)c(C)c21. The second-order valence-electron chi connectivity index (χ2n) is 6.37. The van der Waals surface area contributed by atoms with Crippen molar-refractivity contribution in [1.29, 1.82) is 0 Å². The zero-order valence-electron chi connectivity index (χ0n) is 16.0. The average Bonchev–Trinajstić information content (AvgIpc) is 3.03. The Labute approximate surface area is 162 Å². The van der Waals surface area contributed by atoms with Crippen LogP contribution in [0.15, 0.2) is 32.9 Å². The zero-order chi connectivity index (χ0) is 20.6. The van der Waals surface area contributed by atoms with Gasteiger partial charge in [-0.25, -0.2) is 13.2 Å². The Balaban J connectivity index is 2.38. The van der Waals surface area contributed by atoms with Gasteiger partial charge in [0.25, 0.3) is 5.56 Å². The van der Waals surface area contributed by atoms with E-state index < -0.39 is 14.7 Å². The quantitative estimate of drug-likeness (QED) is 0.582. The van der Waals surface area contributed by atoms with Gasteiger partial charge in [0, 0.05) is 18.3 Å². The number of allylic oxidation sites excluding steroid dienone is 1. The molecule has 0 radical (unpaired) electrons. The minimum atomic E-state index is -4.02. The number of nitrogens with one attached hydrogen (secondary N) is 2. The van der Waals surface area contributed by atoms with E-state index in [1.807, 2.05) is 6.92 Å². The maximum atomic E-state index is 12.9. The fourth-order valence-corrected chi connectivity index (χ4v) is 5.00. The molecule has 3 rings (SSSR count). The van der Waals surface area contributed by atoms with Gasteiger partial charge in [-0.05, 0) is 56.5 Å². The summed E-state index contributed by atoms with van der Waals surface area (Å²) < 4.78 is 27.3. The predicted molar refractivity (Wildman–Crippen MR) is 105 cm³/mol. The Hall–Kier alpha value is -2.87. The van der Waals surface area contributed by atoms with E-state index in [0.717, 1.165) is 0 Å². The Morgan fingerprint density at radius 3 is 2.54 bits per heavy atom. The Morgan fingerprint density at radius 1 is 1.25 bits per heavy atom. The van der Waals surface area contributed by atoms with Crippen LogP contribution in [0.1, 0.15) is 30.5 Å². The van der Waals surface area contributed by atoms with Gasteiger partial charge in [-0.3, -0.25) is 19.8 Å². The Kier molecular flexibility index (Phi) is 5.16. The summed E-state index contributed by atoms with van der Waals surface area (Å²) in [6.45, 7) is 7.81. The number of nitrogens with zero attached hydrogens (tertiary/aromatic N) is 1. The molecule has 148 valence electrons. The van der Waals surface area contributed by atoms with Crippen molar-refractivity contribution in [3.05, 3.63) is 50.3 Å². The Bertz CT molecular complexity index is 1190. The van der Waals surface area contributed by atoms with Crippen molar-refractivity contribution in [2.45, 2.75) is 39.1 Å². The third-order valence-electron chi connectivity index (χ3n) is 4.70. The third kappa shape index (κ3) is 2.93. The van der Waals surface area contributed by atoms with Crippen LogP contribution in [0.5, 0.6) is 0 Å². The van der Waals surface area contributed by atoms with Crippen molar-refractivity contribution in [2.24, 2.45) is 0 Å². The molecule has 0 saturated carbocycles. The standard InChI is InChI=1S/C19H21N3O5S/c1-5-22-19(24)15(9-20-22)14-7-11(3)18-17(12(14)4)16(21-27-6-2)8-13(10-23)28(18,25)26/h7-9,20-21H,5-6H2,1-4H3. The van der Waals surface area contributed by atoms with Gasteiger partial charge in [0.1, 0.15) is 5.94 Å². The minimum absolute atomic E-state index is 0.0168. The molecule has 2 aromatic rings. The molecule has 8 nitrogen and oxygen atoms in total. The molecular formula is C19H21N3O5S. The van der Waals surface area contributed by atoms with Crippen molar-refractivity contribution >= 4 is 21.5 Å². The average molecular weight is 403 g/mol. The zero-order valence-corrected chi connectivity index (χ0v) is 16.9. The van der Waals surface area contributed by atoms with E-state index in [2.05, 4.69) is 10.6 Å². The lowest BCUT2D eigenvalue weighted by Gasteiger charge is -2.24. The molecule has 1 aliphatic rings. The van der Waals surface area contributed by atoms with E-state index in [9.17, 15) is 18.0 Å². The van der Waals surface area contributed by atoms with Crippen molar-refractivity contribution in [3.8, 4) is 11.1 Å². The fourth-order valence-electron chi connectivity index (χ4n) is 3.38. The van der Waals surface area contributed by atoms with Gasteiger partial charge in [0.15, 0.2) is 4.91 Å².